The average molecular weight is 239 g/mol. The summed E-state index contributed by atoms with van der Waals surface area (Å²) in [5.74, 6) is 0.524. The molecule has 1 fully saturated rings. The Labute approximate surface area is 102 Å². The molecule has 90 valence electrons. The van der Waals surface area contributed by atoms with Gasteiger partial charge in [0.05, 0.1) is 5.69 Å². The number of aromatic nitrogens is 1. The van der Waals surface area contributed by atoms with Crippen LogP contribution in [0.1, 0.15) is 49.6 Å². The summed E-state index contributed by atoms with van der Waals surface area (Å²) in [6.07, 6.45) is 3.75. The second kappa shape index (κ2) is 4.72. The van der Waals surface area contributed by atoms with E-state index >= 15 is 0 Å². The molecule has 0 radical (unpaired) electrons. The molecule has 0 saturated heterocycles. The van der Waals surface area contributed by atoms with Crippen molar-refractivity contribution in [3.63, 3.8) is 0 Å². The number of hydrogen-bond donors (Lipinski definition) is 1. The van der Waals surface area contributed by atoms with E-state index in [0.717, 1.165) is 17.6 Å². The molecule has 0 amide bonds. The second-order valence-electron chi connectivity index (χ2n) is 4.66. The summed E-state index contributed by atoms with van der Waals surface area (Å²) in [4.78, 5) is 8.35. The first-order valence-electron chi connectivity index (χ1n) is 6.09. The van der Waals surface area contributed by atoms with Crippen LogP contribution in [0.15, 0.2) is 0 Å². The molecule has 3 nitrogen and oxygen atoms in total. The van der Waals surface area contributed by atoms with Crippen molar-refractivity contribution in [2.24, 2.45) is 5.73 Å². The number of nitrogens with two attached hydrogens (primary N) is 1. The number of anilines is 1. The zero-order valence-electron chi connectivity index (χ0n) is 10.4. The van der Waals surface area contributed by atoms with Crippen molar-refractivity contribution in [1.29, 1.82) is 0 Å². The summed E-state index contributed by atoms with van der Waals surface area (Å²) in [6.45, 7) is 5.06. The molecule has 0 spiro atoms. The number of hydrogen-bond acceptors (Lipinski definition) is 4. The van der Waals surface area contributed by atoms with Crippen LogP contribution >= 0.6 is 11.3 Å². The molecule has 1 unspecified atom stereocenters. The van der Waals surface area contributed by atoms with Crippen molar-refractivity contribution in [2.75, 3.05) is 11.9 Å². The fraction of sp³-hybridized carbons (Fsp3) is 0.750. The standard InChI is InChI=1S/C12H21N3S/c1-4-8(2)11-10(7-13)16-12(14-11)15(3)9-5-6-9/h8-9H,4-7,13H2,1-3H3. The topological polar surface area (TPSA) is 42.2 Å². The molecule has 4 heteroatoms. The predicted octanol–water partition coefficient (Wildman–Crippen LogP) is 2.71. The van der Waals surface area contributed by atoms with Gasteiger partial charge in [-0.3, -0.25) is 0 Å². The highest BCUT2D eigenvalue weighted by Crippen LogP contribution is 2.36. The van der Waals surface area contributed by atoms with Crippen LogP contribution in [0.4, 0.5) is 5.13 Å². The third-order valence-corrected chi connectivity index (χ3v) is 4.56. The monoisotopic (exact) mass is 239 g/mol. The molecule has 1 saturated carbocycles. The Bertz CT molecular complexity index is 357. The van der Waals surface area contributed by atoms with Crippen molar-refractivity contribution in [3.05, 3.63) is 10.6 Å². The van der Waals surface area contributed by atoms with Crippen LogP contribution in [0.25, 0.3) is 0 Å². The van der Waals surface area contributed by atoms with Gasteiger partial charge in [-0.25, -0.2) is 4.98 Å². The Morgan fingerprint density at radius 3 is 2.75 bits per heavy atom. The molecule has 2 rings (SSSR count). The maximum Gasteiger partial charge on any atom is 0.185 e. The highest BCUT2D eigenvalue weighted by Gasteiger charge is 2.29. The quantitative estimate of drug-likeness (QED) is 0.859. The highest BCUT2D eigenvalue weighted by molar-refractivity contribution is 7.15. The maximum atomic E-state index is 5.80. The lowest BCUT2D eigenvalue weighted by atomic mass is 10.0. The van der Waals surface area contributed by atoms with Gasteiger partial charge in [0.2, 0.25) is 0 Å². The minimum Gasteiger partial charge on any atom is -0.348 e. The molecular formula is C12H21N3S. The van der Waals surface area contributed by atoms with Crippen LogP contribution in [0.5, 0.6) is 0 Å². The molecule has 2 N–H and O–H groups in total. The van der Waals surface area contributed by atoms with Gasteiger partial charge in [-0.2, -0.15) is 0 Å². The lowest BCUT2D eigenvalue weighted by molar-refractivity contribution is 0.702. The fourth-order valence-electron chi connectivity index (χ4n) is 1.84. The van der Waals surface area contributed by atoms with E-state index in [1.807, 2.05) is 0 Å². The Morgan fingerprint density at radius 2 is 2.25 bits per heavy atom. The largest absolute Gasteiger partial charge is 0.348 e. The fourth-order valence-corrected chi connectivity index (χ4v) is 2.94. The minimum atomic E-state index is 0.524. The van der Waals surface area contributed by atoms with Crippen molar-refractivity contribution in [2.45, 2.75) is 51.6 Å². The van der Waals surface area contributed by atoms with Crippen LogP contribution in [0, 0.1) is 0 Å². The summed E-state index contributed by atoms with van der Waals surface area (Å²) in [6, 6.07) is 0.724. The van der Waals surface area contributed by atoms with Gasteiger partial charge in [0.1, 0.15) is 0 Å². The Morgan fingerprint density at radius 1 is 1.56 bits per heavy atom. The van der Waals surface area contributed by atoms with E-state index in [9.17, 15) is 0 Å². The van der Waals surface area contributed by atoms with E-state index in [0.29, 0.717) is 12.5 Å². The first-order chi connectivity index (χ1) is 7.67. The molecule has 1 aromatic heterocycles. The molecule has 1 atom stereocenters. The normalized spacial score (nSPS) is 17.5. The van der Waals surface area contributed by atoms with Crippen molar-refractivity contribution < 1.29 is 0 Å². The molecule has 1 aromatic rings. The van der Waals surface area contributed by atoms with Crippen molar-refractivity contribution in [3.8, 4) is 0 Å². The van der Waals surface area contributed by atoms with Gasteiger partial charge in [-0.05, 0) is 25.2 Å². The Balaban J connectivity index is 2.23. The number of nitrogens with zero attached hydrogens (tertiary/aromatic N) is 2. The highest BCUT2D eigenvalue weighted by atomic mass is 32.1. The van der Waals surface area contributed by atoms with Crippen LogP contribution in [-0.4, -0.2) is 18.1 Å². The van der Waals surface area contributed by atoms with Gasteiger partial charge in [0.25, 0.3) is 0 Å². The average Bonchev–Trinajstić information content (AvgIpc) is 3.06. The molecule has 16 heavy (non-hydrogen) atoms. The molecule has 1 aliphatic carbocycles. The first-order valence-corrected chi connectivity index (χ1v) is 6.91. The second-order valence-corrected chi connectivity index (χ2v) is 5.72. The van der Waals surface area contributed by atoms with E-state index in [1.54, 1.807) is 11.3 Å². The van der Waals surface area contributed by atoms with E-state index in [-0.39, 0.29) is 0 Å². The summed E-state index contributed by atoms with van der Waals surface area (Å²) in [7, 11) is 2.15. The van der Waals surface area contributed by atoms with Gasteiger partial charge >= 0.3 is 0 Å². The lowest BCUT2D eigenvalue weighted by Gasteiger charge is -2.13. The van der Waals surface area contributed by atoms with E-state index in [4.69, 9.17) is 10.7 Å². The molecule has 1 heterocycles. The summed E-state index contributed by atoms with van der Waals surface area (Å²) >= 11 is 1.77. The summed E-state index contributed by atoms with van der Waals surface area (Å²) in [5, 5.41) is 1.15. The predicted molar refractivity (Wildman–Crippen MR) is 70.1 cm³/mol. The molecule has 1 aliphatic rings. The first kappa shape index (κ1) is 11.9. The van der Waals surface area contributed by atoms with Crippen molar-refractivity contribution >= 4 is 16.5 Å². The number of thiazole rings is 1. The smallest absolute Gasteiger partial charge is 0.185 e. The zero-order chi connectivity index (χ0) is 11.7. The van der Waals surface area contributed by atoms with Gasteiger partial charge < -0.3 is 10.6 Å². The van der Waals surface area contributed by atoms with Crippen LogP contribution in [0.3, 0.4) is 0 Å². The molecular weight excluding hydrogens is 218 g/mol. The Kier molecular flexibility index (Phi) is 3.50. The number of rotatable bonds is 5. The van der Waals surface area contributed by atoms with Crippen LogP contribution in [0.2, 0.25) is 0 Å². The summed E-state index contributed by atoms with van der Waals surface area (Å²) < 4.78 is 0. The van der Waals surface area contributed by atoms with Gasteiger partial charge in [-0.1, -0.05) is 13.8 Å². The van der Waals surface area contributed by atoms with Crippen molar-refractivity contribution in [1.82, 2.24) is 4.98 Å². The lowest BCUT2D eigenvalue weighted by Crippen LogP contribution is -2.19. The zero-order valence-corrected chi connectivity index (χ0v) is 11.2. The van der Waals surface area contributed by atoms with Gasteiger partial charge in [0.15, 0.2) is 5.13 Å². The minimum absolute atomic E-state index is 0.524. The van der Waals surface area contributed by atoms with Crippen LogP contribution in [-0.2, 0) is 6.54 Å². The van der Waals surface area contributed by atoms with Gasteiger partial charge in [0, 0.05) is 24.5 Å². The third-order valence-electron chi connectivity index (χ3n) is 3.38. The molecule has 0 aliphatic heterocycles. The van der Waals surface area contributed by atoms with E-state index < -0.39 is 0 Å². The SMILES string of the molecule is CCC(C)c1nc(N(C)C2CC2)sc1CN. The van der Waals surface area contributed by atoms with E-state index in [1.165, 1.54) is 23.4 Å². The third kappa shape index (κ3) is 2.23. The summed E-state index contributed by atoms with van der Waals surface area (Å²) in [5.41, 5.74) is 7.02. The van der Waals surface area contributed by atoms with E-state index in [2.05, 4.69) is 25.8 Å². The Hall–Kier alpha value is -0.610. The van der Waals surface area contributed by atoms with Gasteiger partial charge in [-0.15, -0.1) is 11.3 Å². The maximum absolute atomic E-state index is 5.80. The molecule has 0 aromatic carbocycles. The molecule has 0 bridgehead atoms. The van der Waals surface area contributed by atoms with Crippen LogP contribution < -0.4 is 10.6 Å².